The van der Waals surface area contributed by atoms with Crippen LogP contribution in [0.15, 0.2) is 48.8 Å². The van der Waals surface area contributed by atoms with Gasteiger partial charge in [-0.1, -0.05) is 0 Å². The number of hydrogen-bond acceptors (Lipinski definition) is 4. The third-order valence-corrected chi connectivity index (χ3v) is 4.84. The maximum atomic E-state index is 13.1. The number of alkyl halides is 3. The fourth-order valence-electron chi connectivity index (χ4n) is 3.33. The average molecular weight is 433 g/mol. The number of fused-ring (bicyclic) bond motifs is 1. The van der Waals surface area contributed by atoms with Crippen molar-refractivity contribution in [2.24, 2.45) is 0 Å². The molecule has 31 heavy (non-hydrogen) atoms. The van der Waals surface area contributed by atoms with Crippen molar-refractivity contribution in [3.63, 3.8) is 0 Å². The highest BCUT2D eigenvalue weighted by atomic mass is 19.4. The van der Waals surface area contributed by atoms with Gasteiger partial charge in [0, 0.05) is 12.2 Å². The van der Waals surface area contributed by atoms with Crippen molar-refractivity contribution in [1.82, 2.24) is 14.8 Å². The van der Waals surface area contributed by atoms with Crippen molar-refractivity contribution < 1.29 is 27.2 Å². The zero-order chi connectivity index (χ0) is 22.3. The van der Waals surface area contributed by atoms with Crippen molar-refractivity contribution in [2.75, 3.05) is 16.8 Å². The van der Waals surface area contributed by atoms with Crippen LogP contribution in [0.3, 0.4) is 0 Å². The fourth-order valence-corrected chi connectivity index (χ4v) is 3.33. The summed E-state index contributed by atoms with van der Waals surface area (Å²) < 4.78 is 52.9. The molecule has 4 rings (SSSR count). The molecule has 3 aromatic rings. The number of rotatable bonds is 3. The Labute approximate surface area is 173 Å². The second-order valence-corrected chi connectivity index (χ2v) is 6.98. The van der Waals surface area contributed by atoms with E-state index in [4.69, 9.17) is 0 Å². The molecule has 1 aliphatic rings. The monoisotopic (exact) mass is 433 g/mol. The maximum absolute atomic E-state index is 13.1. The van der Waals surface area contributed by atoms with E-state index in [-0.39, 0.29) is 35.2 Å². The Hall–Kier alpha value is -3.76. The van der Waals surface area contributed by atoms with Crippen molar-refractivity contribution in [1.29, 1.82) is 0 Å². The molecule has 1 aliphatic heterocycles. The first kappa shape index (κ1) is 20.5. The first-order chi connectivity index (χ1) is 14.6. The molecule has 0 spiro atoms. The Bertz CT molecular complexity index is 1140. The lowest BCUT2D eigenvalue weighted by Gasteiger charge is -2.32. The van der Waals surface area contributed by atoms with Crippen LogP contribution in [-0.2, 0) is 6.18 Å². The van der Waals surface area contributed by atoms with Gasteiger partial charge in [0.2, 0.25) is 5.95 Å². The summed E-state index contributed by atoms with van der Waals surface area (Å²) in [6, 6.07) is 6.27. The molecule has 7 nitrogen and oxygen atoms in total. The summed E-state index contributed by atoms with van der Waals surface area (Å²) in [4.78, 5) is 30.6. The normalized spacial score (nSPS) is 16.2. The summed E-state index contributed by atoms with van der Waals surface area (Å²) in [6.07, 6.45) is -2.12. The molecule has 1 N–H and O–H groups in total. The van der Waals surface area contributed by atoms with E-state index in [9.17, 15) is 27.2 Å². The summed E-state index contributed by atoms with van der Waals surface area (Å²) in [7, 11) is 0. The molecule has 1 unspecified atom stereocenters. The van der Waals surface area contributed by atoms with Gasteiger partial charge in [-0.2, -0.15) is 22.7 Å². The third kappa shape index (κ3) is 3.86. The van der Waals surface area contributed by atoms with Gasteiger partial charge in [0.15, 0.2) is 0 Å². The quantitative estimate of drug-likeness (QED) is 0.502. The van der Waals surface area contributed by atoms with Gasteiger partial charge in [0.1, 0.15) is 5.69 Å². The fraction of sp³-hybridized carbons (Fsp3) is 0.200. The molecule has 1 atom stereocenters. The molecule has 0 saturated heterocycles. The second-order valence-electron chi connectivity index (χ2n) is 6.98. The minimum absolute atomic E-state index is 0.00576. The number of amides is 2. The first-order valence-corrected chi connectivity index (χ1v) is 9.14. The number of benzene rings is 1. The lowest BCUT2D eigenvalue weighted by molar-refractivity contribution is -0.137. The molecule has 2 aromatic heterocycles. The van der Waals surface area contributed by atoms with Crippen LogP contribution < -0.4 is 10.2 Å². The summed E-state index contributed by atoms with van der Waals surface area (Å²) in [5, 5.41) is 6.64. The molecule has 0 saturated carbocycles. The van der Waals surface area contributed by atoms with Crippen LogP contribution in [0.5, 0.6) is 0 Å². The van der Waals surface area contributed by atoms with Gasteiger partial charge in [-0.15, -0.1) is 0 Å². The van der Waals surface area contributed by atoms with Gasteiger partial charge in [-0.3, -0.25) is 14.3 Å². The summed E-state index contributed by atoms with van der Waals surface area (Å²) in [5.41, 5.74) is -0.343. The third-order valence-electron chi connectivity index (χ3n) is 4.84. The van der Waals surface area contributed by atoms with E-state index in [1.54, 1.807) is 6.92 Å². The number of carbonyl (C=O) groups is 2. The van der Waals surface area contributed by atoms with Crippen LogP contribution in [-0.4, -0.2) is 33.1 Å². The van der Waals surface area contributed by atoms with Crippen LogP contribution in [0.25, 0.3) is 0 Å². The number of anilines is 2. The number of halogens is 4. The van der Waals surface area contributed by atoms with E-state index >= 15 is 0 Å². The Morgan fingerprint density at radius 1 is 1.13 bits per heavy atom. The Morgan fingerprint density at radius 3 is 2.45 bits per heavy atom. The molecule has 160 valence electrons. The molecule has 0 fully saturated rings. The topological polar surface area (TPSA) is 80.1 Å². The molecule has 11 heteroatoms. The standard InChI is InChI=1S/C20H15F4N5O2/c1-11-10-28(14-5-2-12(3-6-14)20(22,23)24)19(31)17-15(9-26-29(11)17)18(30)27-13-4-7-16(21)25-8-13/h2-9,11H,10H2,1H3,(H,27,30). The van der Waals surface area contributed by atoms with Gasteiger partial charge in [0.25, 0.3) is 11.8 Å². The summed E-state index contributed by atoms with van der Waals surface area (Å²) in [6.45, 7) is 1.94. The smallest absolute Gasteiger partial charge is 0.320 e. The van der Waals surface area contributed by atoms with E-state index < -0.39 is 29.5 Å². The molecule has 1 aromatic carbocycles. The first-order valence-electron chi connectivity index (χ1n) is 9.14. The van der Waals surface area contributed by atoms with Crippen LogP contribution in [0.1, 0.15) is 39.4 Å². The lowest BCUT2D eigenvalue weighted by Crippen LogP contribution is -2.43. The molecular formula is C20H15F4N5O2. The summed E-state index contributed by atoms with van der Waals surface area (Å²) in [5.74, 6) is -1.93. The van der Waals surface area contributed by atoms with Gasteiger partial charge < -0.3 is 10.2 Å². The molecule has 0 bridgehead atoms. The van der Waals surface area contributed by atoms with E-state index in [1.165, 1.54) is 34.0 Å². The number of pyridine rings is 1. The van der Waals surface area contributed by atoms with Gasteiger partial charge >= 0.3 is 6.18 Å². The lowest BCUT2D eigenvalue weighted by atomic mass is 10.1. The number of nitrogens with one attached hydrogen (secondary N) is 1. The van der Waals surface area contributed by atoms with Crippen LogP contribution in [0.2, 0.25) is 0 Å². The van der Waals surface area contributed by atoms with Crippen molar-refractivity contribution in [2.45, 2.75) is 19.1 Å². The largest absolute Gasteiger partial charge is 0.416 e. The number of hydrogen-bond donors (Lipinski definition) is 1. The highest BCUT2D eigenvalue weighted by Crippen LogP contribution is 2.33. The highest BCUT2D eigenvalue weighted by Gasteiger charge is 2.36. The van der Waals surface area contributed by atoms with E-state index in [2.05, 4.69) is 15.4 Å². The van der Waals surface area contributed by atoms with Gasteiger partial charge in [-0.25, -0.2) is 4.98 Å². The van der Waals surface area contributed by atoms with Crippen LogP contribution in [0, 0.1) is 5.95 Å². The van der Waals surface area contributed by atoms with E-state index in [1.807, 2.05) is 0 Å². The van der Waals surface area contributed by atoms with Gasteiger partial charge in [0.05, 0.1) is 35.2 Å². The SMILES string of the molecule is CC1CN(c2ccc(C(F)(F)F)cc2)C(=O)c2c(C(=O)Nc3ccc(F)nc3)cnn21. The average Bonchev–Trinajstić information content (AvgIpc) is 3.18. The Morgan fingerprint density at radius 2 is 1.84 bits per heavy atom. The van der Waals surface area contributed by atoms with Gasteiger partial charge in [-0.05, 0) is 43.3 Å². The minimum Gasteiger partial charge on any atom is -0.320 e. The molecule has 2 amide bonds. The Balaban J connectivity index is 1.64. The minimum atomic E-state index is -4.49. The highest BCUT2D eigenvalue weighted by molar-refractivity contribution is 6.15. The van der Waals surface area contributed by atoms with Crippen molar-refractivity contribution in [3.8, 4) is 0 Å². The zero-order valence-corrected chi connectivity index (χ0v) is 16.0. The van der Waals surface area contributed by atoms with E-state index in [0.717, 1.165) is 24.4 Å². The molecule has 0 aliphatic carbocycles. The number of aromatic nitrogens is 3. The van der Waals surface area contributed by atoms with Crippen molar-refractivity contribution in [3.05, 3.63) is 71.6 Å². The number of nitrogens with zero attached hydrogens (tertiary/aromatic N) is 4. The van der Waals surface area contributed by atoms with Crippen LogP contribution >= 0.6 is 0 Å². The second kappa shape index (κ2) is 7.49. The maximum Gasteiger partial charge on any atom is 0.416 e. The van der Waals surface area contributed by atoms with Crippen LogP contribution in [0.4, 0.5) is 28.9 Å². The number of carbonyl (C=O) groups excluding carboxylic acids is 2. The van der Waals surface area contributed by atoms with E-state index in [0.29, 0.717) is 0 Å². The predicted octanol–water partition coefficient (Wildman–Crippen LogP) is 3.91. The Kier molecular flexibility index (Phi) is 4.96. The molecule has 0 radical (unpaired) electrons. The zero-order valence-electron chi connectivity index (χ0n) is 16.0. The summed E-state index contributed by atoms with van der Waals surface area (Å²) >= 11 is 0. The predicted molar refractivity (Wildman–Crippen MR) is 102 cm³/mol. The van der Waals surface area contributed by atoms with Crippen molar-refractivity contribution >= 4 is 23.2 Å². The molecule has 3 heterocycles. The molecular weight excluding hydrogens is 418 g/mol.